The topological polar surface area (TPSA) is 40.5 Å². The molecule has 3 heteroatoms. The Kier molecular flexibility index (Phi) is 6.17. The molecule has 112 valence electrons. The number of rotatable bonds is 8. The fourth-order valence-corrected chi connectivity index (χ4v) is 8.07. The average Bonchev–Trinajstić information content (AvgIpc) is 2.57. The van der Waals surface area contributed by atoms with Crippen LogP contribution in [0.2, 0.25) is 12.1 Å². The molecule has 0 aromatic heterocycles. The van der Waals surface area contributed by atoms with Gasteiger partial charge in [0, 0.05) is 13.2 Å². The van der Waals surface area contributed by atoms with Crippen LogP contribution in [0, 0.1) is 0 Å². The number of benzene rings is 2. The molecule has 2 aromatic carbocycles. The molecular formula is C18H24O2Si. The van der Waals surface area contributed by atoms with Crippen LogP contribution in [0.5, 0.6) is 0 Å². The van der Waals surface area contributed by atoms with Gasteiger partial charge >= 0.3 is 0 Å². The summed E-state index contributed by atoms with van der Waals surface area (Å²) in [5.41, 5.74) is 0. The van der Waals surface area contributed by atoms with Crippen molar-refractivity contribution in [2.45, 2.75) is 24.9 Å². The van der Waals surface area contributed by atoms with E-state index >= 15 is 0 Å². The first kappa shape index (κ1) is 16.0. The van der Waals surface area contributed by atoms with Crippen molar-refractivity contribution in [3.8, 4) is 0 Å². The molecule has 0 fully saturated rings. The van der Waals surface area contributed by atoms with Crippen LogP contribution >= 0.6 is 0 Å². The van der Waals surface area contributed by atoms with Crippen LogP contribution in [0.15, 0.2) is 60.7 Å². The smallest absolute Gasteiger partial charge is 0.118 e. The summed E-state index contributed by atoms with van der Waals surface area (Å²) in [6.45, 7) is 0.459. The number of hydrogen-bond donors (Lipinski definition) is 2. The monoisotopic (exact) mass is 300 g/mol. The minimum absolute atomic E-state index is 0.230. The summed E-state index contributed by atoms with van der Waals surface area (Å²) in [6.07, 6.45) is 1.64. The van der Waals surface area contributed by atoms with E-state index < -0.39 is 8.07 Å². The molecule has 0 aliphatic carbocycles. The van der Waals surface area contributed by atoms with Crippen molar-refractivity contribution < 1.29 is 10.2 Å². The van der Waals surface area contributed by atoms with Crippen LogP contribution in [0.3, 0.4) is 0 Å². The van der Waals surface area contributed by atoms with E-state index in [1.165, 1.54) is 10.4 Å². The lowest BCUT2D eigenvalue weighted by atomic mass is 10.4. The molecule has 0 saturated carbocycles. The van der Waals surface area contributed by atoms with Gasteiger partial charge in [-0.1, -0.05) is 71.0 Å². The highest BCUT2D eigenvalue weighted by molar-refractivity contribution is 7.02. The maximum Gasteiger partial charge on any atom is 0.118 e. The maximum absolute atomic E-state index is 9.32. The second kappa shape index (κ2) is 8.13. The van der Waals surface area contributed by atoms with Crippen molar-refractivity contribution in [2.24, 2.45) is 0 Å². The van der Waals surface area contributed by atoms with E-state index in [1.807, 2.05) is 12.1 Å². The van der Waals surface area contributed by atoms with E-state index in [1.54, 1.807) is 0 Å². The third-order valence-corrected chi connectivity index (χ3v) is 9.47. The Morgan fingerprint density at radius 1 is 0.619 bits per heavy atom. The molecule has 0 amide bonds. The van der Waals surface area contributed by atoms with Crippen LogP contribution in [-0.4, -0.2) is 31.5 Å². The molecule has 0 bridgehead atoms. The van der Waals surface area contributed by atoms with Gasteiger partial charge in [-0.2, -0.15) is 0 Å². The maximum atomic E-state index is 9.32. The lowest BCUT2D eigenvalue weighted by molar-refractivity contribution is 0.292. The highest BCUT2D eigenvalue weighted by atomic mass is 28.3. The predicted molar refractivity (Wildman–Crippen MR) is 90.9 cm³/mol. The molecule has 0 aliphatic rings. The fraction of sp³-hybridized carbons (Fsp3) is 0.333. The Morgan fingerprint density at radius 3 is 1.33 bits per heavy atom. The Balaban J connectivity index is 2.48. The Morgan fingerprint density at radius 2 is 1.00 bits per heavy atom. The summed E-state index contributed by atoms with van der Waals surface area (Å²) in [5, 5.41) is 21.4. The van der Waals surface area contributed by atoms with E-state index in [0.29, 0.717) is 0 Å². The molecule has 0 saturated heterocycles. The van der Waals surface area contributed by atoms with Crippen molar-refractivity contribution >= 4 is 18.4 Å². The van der Waals surface area contributed by atoms with E-state index in [9.17, 15) is 10.2 Å². The number of aliphatic hydroxyl groups excluding tert-OH is 2. The minimum Gasteiger partial charge on any atom is -0.396 e. The molecule has 2 rings (SSSR count). The Bertz CT molecular complexity index is 464. The van der Waals surface area contributed by atoms with Gasteiger partial charge in [0.15, 0.2) is 0 Å². The number of aliphatic hydroxyl groups is 2. The summed E-state index contributed by atoms with van der Waals surface area (Å²) in [6, 6.07) is 23.4. The van der Waals surface area contributed by atoms with Crippen LogP contribution in [0.1, 0.15) is 12.8 Å². The summed E-state index contributed by atoms with van der Waals surface area (Å²) >= 11 is 0. The van der Waals surface area contributed by atoms with E-state index in [2.05, 4.69) is 48.5 Å². The van der Waals surface area contributed by atoms with Gasteiger partial charge in [-0.25, -0.2) is 0 Å². The second-order valence-electron chi connectivity index (χ2n) is 5.47. The molecule has 0 aliphatic heterocycles. The molecule has 0 radical (unpaired) electrons. The molecule has 2 nitrogen and oxygen atoms in total. The largest absolute Gasteiger partial charge is 0.396 e. The second-order valence-corrected chi connectivity index (χ2v) is 9.79. The quantitative estimate of drug-likeness (QED) is 0.732. The Hall–Kier alpha value is -1.42. The zero-order chi connectivity index (χ0) is 15.0. The zero-order valence-corrected chi connectivity index (χ0v) is 13.4. The highest BCUT2D eigenvalue weighted by Crippen LogP contribution is 2.20. The minimum atomic E-state index is -1.91. The first-order chi connectivity index (χ1) is 10.3. The third kappa shape index (κ3) is 3.82. The Labute approximate surface area is 128 Å². The first-order valence-electron chi connectivity index (χ1n) is 7.66. The molecule has 21 heavy (non-hydrogen) atoms. The molecule has 0 atom stereocenters. The van der Waals surface area contributed by atoms with Crippen molar-refractivity contribution in [3.63, 3.8) is 0 Å². The van der Waals surface area contributed by atoms with Gasteiger partial charge in [0.1, 0.15) is 8.07 Å². The molecular weight excluding hydrogens is 276 g/mol. The predicted octanol–water partition coefficient (Wildman–Crippen LogP) is 2.01. The van der Waals surface area contributed by atoms with E-state index in [0.717, 1.165) is 24.9 Å². The number of hydrogen-bond acceptors (Lipinski definition) is 2. The van der Waals surface area contributed by atoms with Gasteiger partial charge in [-0.3, -0.25) is 0 Å². The van der Waals surface area contributed by atoms with Gasteiger partial charge in [0.25, 0.3) is 0 Å². The van der Waals surface area contributed by atoms with Crippen molar-refractivity contribution in [3.05, 3.63) is 60.7 Å². The van der Waals surface area contributed by atoms with Crippen LogP contribution < -0.4 is 10.4 Å². The lowest BCUT2D eigenvalue weighted by Crippen LogP contribution is -2.58. The first-order valence-corrected chi connectivity index (χ1v) is 10.1. The van der Waals surface area contributed by atoms with Crippen molar-refractivity contribution in [1.29, 1.82) is 0 Å². The molecule has 0 unspecified atom stereocenters. The van der Waals surface area contributed by atoms with E-state index in [4.69, 9.17) is 0 Å². The van der Waals surface area contributed by atoms with E-state index in [-0.39, 0.29) is 13.2 Å². The standard InChI is InChI=1S/C18H24O2Si/c19-13-7-15-21(16-8-14-20,17-9-3-1-4-10-17)18-11-5-2-6-12-18/h1-6,9-12,19-20H,7-8,13-16H2. The van der Waals surface area contributed by atoms with Crippen molar-refractivity contribution in [2.75, 3.05) is 13.2 Å². The van der Waals surface area contributed by atoms with Gasteiger partial charge in [-0.15, -0.1) is 0 Å². The molecule has 2 aromatic rings. The fourth-order valence-electron chi connectivity index (χ4n) is 3.15. The highest BCUT2D eigenvalue weighted by Gasteiger charge is 2.35. The average molecular weight is 300 g/mol. The van der Waals surface area contributed by atoms with Gasteiger partial charge in [0.05, 0.1) is 0 Å². The van der Waals surface area contributed by atoms with Crippen LogP contribution in [0.25, 0.3) is 0 Å². The molecule has 0 spiro atoms. The summed E-state index contributed by atoms with van der Waals surface area (Å²) in [5.74, 6) is 0. The SMILES string of the molecule is OCCC[Si](CCCO)(c1ccccc1)c1ccccc1. The summed E-state index contributed by atoms with van der Waals surface area (Å²) in [4.78, 5) is 0. The third-order valence-electron chi connectivity index (χ3n) is 4.18. The molecule has 0 heterocycles. The van der Waals surface area contributed by atoms with Crippen LogP contribution in [-0.2, 0) is 0 Å². The zero-order valence-electron chi connectivity index (χ0n) is 12.4. The van der Waals surface area contributed by atoms with Crippen LogP contribution in [0.4, 0.5) is 0 Å². The van der Waals surface area contributed by atoms with Crippen molar-refractivity contribution in [1.82, 2.24) is 0 Å². The summed E-state index contributed by atoms with van der Waals surface area (Å²) in [7, 11) is -1.91. The lowest BCUT2D eigenvalue weighted by Gasteiger charge is -2.33. The van der Waals surface area contributed by atoms with Gasteiger partial charge < -0.3 is 10.2 Å². The van der Waals surface area contributed by atoms with Gasteiger partial charge in [0.2, 0.25) is 0 Å². The summed E-state index contributed by atoms with van der Waals surface area (Å²) < 4.78 is 0. The van der Waals surface area contributed by atoms with Gasteiger partial charge in [-0.05, 0) is 24.9 Å². The normalized spacial score (nSPS) is 11.5. The molecule has 2 N–H and O–H groups in total.